The van der Waals surface area contributed by atoms with Crippen LogP contribution in [-0.2, 0) is 30.3 Å². The van der Waals surface area contributed by atoms with Crippen molar-refractivity contribution in [2.24, 2.45) is 0 Å². The van der Waals surface area contributed by atoms with Gasteiger partial charge in [-0.25, -0.2) is 36.5 Å². The molecule has 0 aliphatic carbocycles. The van der Waals surface area contributed by atoms with Gasteiger partial charge in [-0.2, -0.15) is 46.6 Å². The number of rotatable bonds is 14. The summed E-state index contributed by atoms with van der Waals surface area (Å²) in [5, 5.41) is 14.3. The highest BCUT2D eigenvalue weighted by Gasteiger charge is 2.66. The number of carbonyl (C=O) groups is 4. The summed E-state index contributed by atoms with van der Waals surface area (Å²) in [7, 11) is 1.35. The number of amides is 2. The first-order valence-electron chi connectivity index (χ1n) is 29.2. The van der Waals surface area contributed by atoms with Crippen LogP contribution < -0.4 is 20.3 Å². The number of nitrogens with zero attached hydrogens (tertiary/aromatic N) is 8. The molecule has 94 heavy (non-hydrogen) atoms. The molecule has 4 aliphatic heterocycles. The lowest BCUT2D eigenvalue weighted by Crippen LogP contribution is -2.60. The number of halogens is 10. The second-order valence-electron chi connectivity index (χ2n) is 22.1. The number of esters is 2. The monoisotopic (exact) mass is 1310 g/mol. The lowest BCUT2D eigenvalue weighted by molar-refractivity contribution is -0.273. The molecule has 8 aromatic rings. The number of hydrogen-bond donors (Lipinski definition) is 0. The van der Waals surface area contributed by atoms with Crippen LogP contribution in [0.3, 0.4) is 0 Å². The van der Waals surface area contributed by atoms with Gasteiger partial charge in [0.1, 0.15) is 35.6 Å². The minimum Gasteiger partial charge on any atom is -0.417 e. The van der Waals surface area contributed by atoms with Gasteiger partial charge in [0.2, 0.25) is 22.4 Å². The highest BCUT2D eigenvalue weighted by Crippen LogP contribution is 2.49. The van der Waals surface area contributed by atoms with E-state index in [2.05, 4.69) is 10.2 Å². The first-order chi connectivity index (χ1) is 44.9. The van der Waals surface area contributed by atoms with Crippen molar-refractivity contribution < 1.29 is 82.0 Å². The molecule has 2 saturated heterocycles. The third-order valence-electron chi connectivity index (χ3n) is 16.7. The maximum absolute atomic E-state index is 14.7. The fourth-order valence-electron chi connectivity index (χ4n) is 12.5. The first-order valence-corrected chi connectivity index (χ1v) is 29.2. The molecule has 0 N–H and O–H groups in total. The van der Waals surface area contributed by atoms with Gasteiger partial charge in [0.05, 0.1) is 12.4 Å². The maximum Gasteiger partial charge on any atom is 0.432 e. The molecule has 0 radical (unpaired) electrons. The Balaban J connectivity index is 0.000000192. The van der Waals surface area contributed by atoms with Crippen molar-refractivity contribution in [1.29, 1.82) is 0 Å². The third-order valence-corrected chi connectivity index (χ3v) is 16.7. The minimum absolute atomic E-state index is 0.138. The highest BCUT2D eigenvalue weighted by molar-refractivity contribution is 5.98. The van der Waals surface area contributed by atoms with E-state index >= 15 is 0 Å². The first kappa shape index (κ1) is 65.6. The Hall–Kier alpha value is -9.90. The fraction of sp³-hybridized carbons (Fsp3) is 0.273. The van der Waals surface area contributed by atoms with Gasteiger partial charge in [0.25, 0.3) is 23.0 Å². The molecule has 0 saturated carbocycles. The normalized spacial score (nSPS) is 18.0. The summed E-state index contributed by atoms with van der Waals surface area (Å²) in [6, 6.07) is 34.1. The number of ether oxygens (including phenoxy) is 4. The number of benzene rings is 6. The van der Waals surface area contributed by atoms with Crippen LogP contribution in [0.5, 0.6) is 11.5 Å². The minimum atomic E-state index is -5.36. The van der Waals surface area contributed by atoms with E-state index < -0.39 is 140 Å². The van der Waals surface area contributed by atoms with Crippen LogP contribution in [0.15, 0.2) is 180 Å². The van der Waals surface area contributed by atoms with E-state index in [0.717, 1.165) is 33.6 Å². The van der Waals surface area contributed by atoms with E-state index in [4.69, 9.17) is 18.9 Å². The van der Waals surface area contributed by atoms with E-state index in [1.165, 1.54) is 119 Å². The number of hydrazine groups is 2. The topological polar surface area (TPSA) is 188 Å². The molecular formula is C66H54F10N8O10. The van der Waals surface area contributed by atoms with Crippen LogP contribution in [0, 0.1) is 23.3 Å². The molecule has 0 spiro atoms. The summed E-state index contributed by atoms with van der Waals surface area (Å²) in [4.78, 5) is 81.9. The number of carbonyl (C=O) groups excluding carboxylic acids is 4. The lowest BCUT2D eigenvalue weighted by Gasteiger charge is -2.49. The van der Waals surface area contributed by atoms with Crippen LogP contribution in [0.2, 0.25) is 0 Å². The van der Waals surface area contributed by atoms with Crippen molar-refractivity contribution in [2.75, 3.05) is 40.4 Å². The molecule has 4 atom stereocenters. The summed E-state index contributed by atoms with van der Waals surface area (Å²) in [5.41, 5.74) is -10.7. The molecule has 28 heteroatoms. The van der Waals surface area contributed by atoms with Crippen LogP contribution in [0.1, 0.15) is 104 Å². The quantitative estimate of drug-likeness (QED) is 0.0739. The van der Waals surface area contributed by atoms with E-state index in [1.807, 2.05) is 0 Å². The van der Waals surface area contributed by atoms with E-state index in [0.29, 0.717) is 74.6 Å². The Labute approximate surface area is 527 Å². The Morgan fingerprint density at radius 1 is 0.447 bits per heavy atom. The zero-order chi connectivity index (χ0) is 67.0. The van der Waals surface area contributed by atoms with Crippen molar-refractivity contribution in [3.63, 3.8) is 0 Å². The van der Waals surface area contributed by atoms with Crippen LogP contribution in [-0.4, -0.2) is 116 Å². The molecule has 6 heterocycles. The van der Waals surface area contributed by atoms with Gasteiger partial charge in [0.15, 0.2) is 11.4 Å². The van der Waals surface area contributed by atoms with Gasteiger partial charge in [-0.05, 0) is 96.5 Å². The van der Waals surface area contributed by atoms with Crippen LogP contribution in [0.25, 0.3) is 0 Å². The van der Waals surface area contributed by atoms with E-state index in [1.54, 1.807) is 34.3 Å². The van der Waals surface area contributed by atoms with Gasteiger partial charge < -0.3 is 18.9 Å². The molecule has 2 aromatic heterocycles. The zero-order valence-corrected chi connectivity index (χ0v) is 49.6. The molecular weight excluding hydrogens is 1250 g/mol. The second-order valence-corrected chi connectivity index (χ2v) is 22.1. The summed E-state index contributed by atoms with van der Waals surface area (Å²) in [6.07, 6.45) is -9.16. The Morgan fingerprint density at radius 3 is 1.04 bits per heavy atom. The standard InChI is InChI=1S/2C33H27F5N4O5/c2*1-46-32(33(36,37)38,22-11-3-2-4-12-22)31(45)47-28-25(43)19-39-42-27(28)30(44)41-16-6-5-15-40(41)29(42)26(20-9-7-13-23(34)17-20)21-10-8-14-24(35)18-21/h2*2-4,7-14,17-19,26,29H,5-6,15-16H2,1H3/t29-,32+;29-,32-/m10/s1. The van der Waals surface area contributed by atoms with Crippen molar-refractivity contribution in [3.05, 3.63) is 259 Å². The fourth-order valence-corrected chi connectivity index (χ4v) is 12.5. The third kappa shape index (κ3) is 11.8. The van der Waals surface area contributed by atoms with Crippen LogP contribution in [0.4, 0.5) is 43.9 Å². The molecule has 6 aromatic carbocycles. The molecule has 488 valence electrons. The number of fused-ring (bicyclic) bond motifs is 4. The molecule has 2 amide bonds. The summed E-state index contributed by atoms with van der Waals surface area (Å²) < 4.78 is 169. The number of aromatic nitrogens is 4. The largest absolute Gasteiger partial charge is 0.432 e. The Morgan fingerprint density at radius 2 is 0.755 bits per heavy atom. The van der Waals surface area contributed by atoms with Gasteiger partial charge in [-0.3, -0.25) is 29.2 Å². The van der Waals surface area contributed by atoms with Crippen molar-refractivity contribution in [3.8, 4) is 11.5 Å². The number of methoxy groups -OCH3 is 2. The van der Waals surface area contributed by atoms with Crippen molar-refractivity contribution >= 4 is 23.8 Å². The second kappa shape index (κ2) is 26.2. The molecule has 12 rings (SSSR count). The average molecular weight is 1310 g/mol. The van der Waals surface area contributed by atoms with E-state index in [-0.39, 0.29) is 26.2 Å². The smallest absolute Gasteiger partial charge is 0.417 e. The summed E-state index contributed by atoms with van der Waals surface area (Å²) >= 11 is 0. The molecule has 0 bridgehead atoms. The number of alkyl halides is 6. The number of hydrogen-bond acceptors (Lipinski definition) is 14. The lowest BCUT2D eigenvalue weighted by atomic mass is 9.87. The molecule has 4 aliphatic rings. The summed E-state index contributed by atoms with van der Waals surface area (Å²) in [6.45, 7) is 0.850. The average Bonchev–Trinajstić information content (AvgIpc) is 0.735. The Bertz CT molecular complexity index is 3950. The Kier molecular flexibility index (Phi) is 18.3. The van der Waals surface area contributed by atoms with Crippen LogP contribution >= 0.6 is 0 Å². The maximum atomic E-state index is 14.7. The molecule has 18 nitrogen and oxygen atoms in total. The van der Waals surface area contributed by atoms with Gasteiger partial charge >= 0.3 is 24.3 Å². The van der Waals surface area contributed by atoms with Crippen molar-refractivity contribution in [1.82, 2.24) is 39.6 Å². The summed E-state index contributed by atoms with van der Waals surface area (Å²) in [5.74, 6) is -12.0. The zero-order valence-electron chi connectivity index (χ0n) is 49.6. The predicted molar refractivity (Wildman–Crippen MR) is 312 cm³/mol. The predicted octanol–water partition coefficient (Wildman–Crippen LogP) is 10.7. The molecule has 2 fully saturated rings. The van der Waals surface area contributed by atoms with Gasteiger partial charge in [0, 0.05) is 63.4 Å². The van der Waals surface area contributed by atoms with E-state index in [9.17, 15) is 72.7 Å². The van der Waals surface area contributed by atoms with Crippen molar-refractivity contribution in [2.45, 2.75) is 73.4 Å². The van der Waals surface area contributed by atoms with Gasteiger partial charge in [-0.1, -0.05) is 109 Å². The molecule has 0 unspecified atom stereocenters. The highest BCUT2D eigenvalue weighted by atomic mass is 19.4. The SMILES string of the molecule is CO[C@](C(=O)Oc1c2n(ncc1=O)[C@@H](C(c1cccc(F)c1)c1cccc(F)c1)N1CCCCN1C2=O)(c1ccccc1)C(F)(F)F.CO[C@](C(=O)Oc1c2n(ncc1=O)[C@H](C(c1cccc(F)c1)c1cccc(F)c1)N1CCCCN1C2=O)(c1ccccc1)C(F)(F)F. The van der Waals surface area contributed by atoms with Gasteiger partial charge in [-0.15, -0.1) is 0 Å².